The van der Waals surface area contributed by atoms with Gasteiger partial charge in [-0.2, -0.15) is 0 Å². The van der Waals surface area contributed by atoms with Crippen molar-refractivity contribution in [2.75, 3.05) is 13.7 Å². The topological polar surface area (TPSA) is 251 Å². The zero-order valence-corrected chi connectivity index (χ0v) is 69.3. The number of rotatable bonds is 18. The number of hydrogen-bond acceptors (Lipinski definition) is 18. The molecule has 600 valence electrons. The molecule has 2 saturated heterocycles. The summed E-state index contributed by atoms with van der Waals surface area (Å²) in [5, 5.41) is 21.3. The van der Waals surface area contributed by atoms with Gasteiger partial charge in [0, 0.05) is 30.6 Å². The van der Waals surface area contributed by atoms with Crippen LogP contribution >= 0.6 is 0 Å². The number of esters is 8. The van der Waals surface area contributed by atoms with Crippen LogP contribution in [0.15, 0.2) is 0 Å². The van der Waals surface area contributed by atoms with Crippen LogP contribution in [0.2, 0.25) is 0 Å². The van der Waals surface area contributed by atoms with Gasteiger partial charge in [0.15, 0.2) is 0 Å². The summed E-state index contributed by atoms with van der Waals surface area (Å²) in [5.41, 5.74) is -4.38. The maximum atomic E-state index is 12.4. The lowest BCUT2D eigenvalue weighted by Crippen LogP contribution is -2.61. The fraction of sp³-hybridized carbons (Fsp3) is 0.908. The molecule has 13 atom stereocenters. The summed E-state index contributed by atoms with van der Waals surface area (Å²) in [6, 6.07) is 0. The van der Waals surface area contributed by atoms with E-state index in [2.05, 4.69) is 18.6 Å². The Bertz CT molecular complexity index is 2940. The lowest BCUT2D eigenvalue weighted by molar-refractivity contribution is -0.226. The molecule has 16 fully saturated rings. The number of aliphatic hydroxyl groups is 2. The van der Waals surface area contributed by atoms with Gasteiger partial charge in [-0.25, -0.2) is 0 Å². The molecule has 2 heterocycles. The Morgan fingerprint density at radius 1 is 0.448 bits per heavy atom. The van der Waals surface area contributed by atoms with Gasteiger partial charge in [-0.1, -0.05) is 48.5 Å². The van der Waals surface area contributed by atoms with E-state index >= 15 is 0 Å². The molecule has 14 aliphatic carbocycles. The normalized spacial score (nSPS) is 35.3. The third-order valence-corrected chi connectivity index (χ3v) is 29.3. The van der Waals surface area contributed by atoms with E-state index in [0.717, 1.165) is 147 Å². The highest BCUT2D eigenvalue weighted by Crippen LogP contribution is 2.62. The molecule has 0 aromatic carbocycles. The molecule has 2 aliphatic heterocycles. The molecule has 18 heteroatoms. The van der Waals surface area contributed by atoms with Crippen molar-refractivity contribution in [3.63, 3.8) is 0 Å². The van der Waals surface area contributed by atoms with Crippen molar-refractivity contribution in [2.45, 2.75) is 390 Å². The molecule has 0 radical (unpaired) electrons. The van der Waals surface area contributed by atoms with E-state index in [1.807, 2.05) is 125 Å². The predicted molar refractivity (Wildman–Crippen MR) is 402 cm³/mol. The number of carbonyl (C=O) groups excluding carboxylic acids is 8. The summed E-state index contributed by atoms with van der Waals surface area (Å²) >= 11 is 0. The number of cyclic esters (lactones) is 1. The molecule has 16 rings (SSSR count). The van der Waals surface area contributed by atoms with Crippen LogP contribution in [0.25, 0.3) is 0 Å². The molecule has 12 bridgehead atoms. The molecule has 14 saturated carbocycles. The largest absolute Gasteiger partial charge is 0.469 e. The Morgan fingerprint density at radius 3 is 1.23 bits per heavy atom. The van der Waals surface area contributed by atoms with Crippen LogP contribution in [-0.2, 0) is 76.3 Å². The number of methoxy groups -OCH3 is 1. The molecule has 16 aliphatic rings. The summed E-state index contributed by atoms with van der Waals surface area (Å²) in [6.45, 7) is 40.1. The van der Waals surface area contributed by atoms with Crippen molar-refractivity contribution in [1.82, 2.24) is 0 Å². The maximum absolute atomic E-state index is 12.4. The first-order chi connectivity index (χ1) is 48.7. The highest BCUT2D eigenvalue weighted by Gasteiger charge is 2.65. The SMILES string of the molecule is CCC(C)(C)C(=O)OC.CCC(C)(C)C(=O)OC1(C)CCCC1.CCC(C)(C)C(=O)OC12CC3CC(CC(O)(C3)C1)C2.CCC(C)(C)C(=O)OC12CC3CC(CC(O)(C3)C1)C2.CCC(C)(C)C(=O)OC1C2CC3C(=O)OC1C3C2.CCC1(OC(=O)C(C)(C)CC)CCCC1.O=C1OCC2C3CCC(C3)C12. The quantitative estimate of drug-likeness (QED) is 0.0955. The Kier molecular flexibility index (Phi) is 27.1. The third-order valence-electron chi connectivity index (χ3n) is 29.3. The molecule has 2 N–H and O–H groups in total. The zero-order chi connectivity index (χ0) is 78.1. The second kappa shape index (κ2) is 32.9. The summed E-state index contributed by atoms with van der Waals surface area (Å²) in [7, 11) is 1.42. The lowest BCUT2D eigenvalue weighted by Gasteiger charge is -2.59. The van der Waals surface area contributed by atoms with E-state index in [1.165, 1.54) is 64.9 Å². The van der Waals surface area contributed by atoms with Crippen molar-refractivity contribution < 1.29 is 86.5 Å². The Morgan fingerprint density at radius 2 is 0.838 bits per heavy atom. The monoisotopic (exact) mass is 1480 g/mol. The summed E-state index contributed by atoms with van der Waals surface area (Å²) in [6.07, 6.45) is 31.4. The number of carbonyl (C=O) groups is 8. The Hall–Kier alpha value is -4.32. The minimum Gasteiger partial charge on any atom is -0.469 e. The highest BCUT2D eigenvalue weighted by atomic mass is 16.6. The number of hydrogen-bond donors (Lipinski definition) is 2. The van der Waals surface area contributed by atoms with Gasteiger partial charge in [-0.3, -0.25) is 38.4 Å². The first-order valence-electron chi connectivity index (χ1n) is 41.8. The van der Waals surface area contributed by atoms with Gasteiger partial charge < -0.3 is 48.1 Å². The van der Waals surface area contributed by atoms with Gasteiger partial charge in [0.2, 0.25) is 0 Å². The number of ether oxygens (including phenoxy) is 8. The van der Waals surface area contributed by atoms with E-state index in [0.29, 0.717) is 66.1 Å². The van der Waals surface area contributed by atoms with Crippen molar-refractivity contribution >= 4 is 47.8 Å². The van der Waals surface area contributed by atoms with E-state index in [-0.39, 0.29) is 105 Å². The molecule has 13 unspecified atom stereocenters. The Labute approximate surface area is 632 Å². The van der Waals surface area contributed by atoms with Crippen LogP contribution < -0.4 is 0 Å². The molecule has 0 aromatic heterocycles. The van der Waals surface area contributed by atoms with Gasteiger partial charge in [0.25, 0.3) is 0 Å². The third kappa shape index (κ3) is 19.9. The van der Waals surface area contributed by atoms with Gasteiger partial charge >= 0.3 is 47.8 Å². The molecular weight excluding hydrogens is 1330 g/mol. The molecular formula is C87H144O18. The summed E-state index contributed by atoms with van der Waals surface area (Å²) < 4.78 is 44.0. The molecule has 0 amide bonds. The Balaban J connectivity index is 0.000000157. The summed E-state index contributed by atoms with van der Waals surface area (Å²) in [4.78, 5) is 94.4. The zero-order valence-electron chi connectivity index (χ0n) is 69.3. The number of fused-ring (bicyclic) bond motifs is 6. The highest BCUT2D eigenvalue weighted by molar-refractivity contribution is 5.80. The minimum atomic E-state index is -0.555. The van der Waals surface area contributed by atoms with Gasteiger partial charge in [-0.05, 0) is 318 Å². The van der Waals surface area contributed by atoms with Gasteiger partial charge in [0.1, 0.15) is 34.6 Å². The maximum Gasteiger partial charge on any atom is 0.312 e. The van der Waals surface area contributed by atoms with Crippen molar-refractivity contribution in [3.8, 4) is 0 Å². The second-order valence-electron chi connectivity index (χ2n) is 40.0. The second-order valence-corrected chi connectivity index (χ2v) is 40.0. The van der Waals surface area contributed by atoms with Crippen molar-refractivity contribution in [1.29, 1.82) is 0 Å². The van der Waals surface area contributed by atoms with E-state index in [9.17, 15) is 48.6 Å². The van der Waals surface area contributed by atoms with Crippen LogP contribution in [0, 0.1) is 97.6 Å². The van der Waals surface area contributed by atoms with Crippen molar-refractivity contribution in [3.05, 3.63) is 0 Å². The van der Waals surface area contributed by atoms with Gasteiger partial charge in [-0.15, -0.1) is 0 Å². The predicted octanol–water partition coefficient (Wildman–Crippen LogP) is 17.8. The minimum absolute atomic E-state index is 0.0197. The first kappa shape index (κ1) is 86.3. The lowest BCUT2D eigenvalue weighted by atomic mass is 9.52. The fourth-order valence-electron chi connectivity index (χ4n) is 20.4. The molecule has 0 aromatic rings. The standard InChI is InChI=1S/2C16H26O3.C14H20O4.C13H24O2.C12H22O2.C9H12O2.C7H14O2/c2*1-4-14(2,3)13(17)19-16-8-11-5-12(9-16)7-15(18,6-11)10-16;1-4-14(2,3)13(16)18-10-7-5-8-9(6-7)12(15)17-11(8)10;1-5-12(3,4)11(14)15-13(6-2)9-7-8-10-13;1-5-11(2,3)10(13)14-12(4)8-6-7-9-12;10-9-8-6-2-1-5(3-6)7(8)4-11-9;1-5-7(2,3)6(8)9-4/h2*11-12,18H,4-10H2,1-3H3;7-11H,4-6H2,1-3H3;5-10H2,1-4H3;5-9H2,1-4H3;5-8H,1-4H2;5H2,1-4H3. The van der Waals surface area contributed by atoms with E-state index in [4.69, 9.17) is 33.2 Å². The van der Waals surface area contributed by atoms with Gasteiger partial charge in [0.05, 0.1) is 69.2 Å². The van der Waals surface area contributed by atoms with E-state index < -0.39 is 27.4 Å². The fourth-order valence-corrected chi connectivity index (χ4v) is 20.4. The van der Waals surface area contributed by atoms with E-state index in [1.54, 1.807) is 0 Å². The molecule has 105 heavy (non-hydrogen) atoms. The van der Waals surface area contributed by atoms with Crippen molar-refractivity contribution in [2.24, 2.45) is 97.6 Å². The average Bonchev–Trinajstić information content (AvgIpc) is 1.58. The van der Waals surface area contributed by atoms with Crippen LogP contribution in [0.5, 0.6) is 0 Å². The smallest absolute Gasteiger partial charge is 0.312 e. The average molecular weight is 1480 g/mol. The van der Waals surface area contributed by atoms with Crippen LogP contribution in [-0.4, -0.2) is 117 Å². The molecule has 0 spiro atoms. The molecule has 18 nitrogen and oxygen atoms in total. The first-order valence-corrected chi connectivity index (χ1v) is 41.8. The van der Waals surface area contributed by atoms with Crippen LogP contribution in [0.1, 0.15) is 344 Å². The summed E-state index contributed by atoms with van der Waals surface area (Å²) in [5.74, 6) is 4.88. The van der Waals surface area contributed by atoms with Crippen LogP contribution in [0.4, 0.5) is 0 Å². The van der Waals surface area contributed by atoms with Crippen LogP contribution in [0.3, 0.4) is 0 Å².